The Hall–Kier alpha value is -1.26. The van der Waals surface area contributed by atoms with E-state index in [1.54, 1.807) is 0 Å². The molecule has 0 aromatic heterocycles. The molecule has 0 radical (unpaired) electrons. The summed E-state index contributed by atoms with van der Waals surface area (Å²) < 4.78 is 4.72. The minimum atomic E-state index is -0.144. The average Bonchev–Trinajstić information content (AvgIpc) is 2.47. The molecule has 0 spiro atoms. The van der Waals surface area contributed by atoms with Gasteiger partial charge in [-0.05, 0) is 25.1 Å². The first-order chi connectivity index (χ1) is 9.60. The third-order valence-electron chi connectivity index (χ3n) is 3.80. The maximum atomic E-state index is 11.3. The molecule has 110 valence electrons. The van der Waals surface area contributed by atoms with Gasteiger partial charge in [0.25, 0.3) is 0 Å². The molecule has 0 amide bonds. The second kappa shape index (κ2) is 6.95. The molecular formula is C15H21ClN2O2. The molecule has 1 unspecified atom stereocenters. The van der Waals surface area contributed by atoms with Crippen molar-refractivity contribution in [1.29, 1.82) is 0 Å². The Morgan fingerprint density at radius 3 is 2.65 bits per heavy atom. The number of nitrogens with zero attached hydrogens (tertiary/aromatic N) is 2. The van der Waals surface area contributed by atoms with E-state index in [1.165, 1.54) is 7.11 Å². The lowest BCUT2D eigenvalue weighted by Crippen LogP contribution is -2.50. The van der Waals surface area contributed by atoms with Gasteiger partial charge in [-0.3, -0.25) is 9.69 Å². The number of hydrogen-bond acceptors (Lipinski definition) is 4. The van der Waals surface area contributed by atoms with Gasteiger partial charge in [0.2, 0.25) is 0 Å². The number of methoxy groups -OCH3 is 1. The van der Waals surface area contributed by atoms with Gasteiger partial charge in [0.15, 0.2) is 0 Å². The summed E-state index contributed by atoms with van der Waals surface area (Å²) in [4.78, 5) is 16.0. The van der Waals surface area contributed by atoms with Gasteiger partial charge in [0.05, 0.1) is 13.5 Å². The molecule has 1 heterocycles. The summed E-state index contributed by atoms with van der Waals surface area (Å²) in [5.41, 5.74) is 1.16. The first-order valence-corrected chi connectivity index (χ1v) is 7.29. The molecule has 1 atom stereocenters. The molecule has 4 nitrogen and oxygen atoms in total. The van der Waals surface area contributed by atoms with Crippen molar-refractivity contribution in [3.63, 3.8) is 0 Å². The maximum absolute atomic E-state index is 11.3. The third kappa shape index (κ3) is 3.87. The molecule has 1 fully saturated rings. The SMILES string of the molecule is COC(=O)CC(C)N1CCN(c2cccc(Cl)c2)CC1. The Balaban J connectivity index is 1.87. The molecule has 20 heavy (non-hydrogen) atoms. The number of ether oxygens (including phenoxy) is 1. The van der Waals surface area contributed by atoms with Crippen LogP contribution in [0.3, 0.4) is 0 Å². The first-order valence-electron chi connectivity index (χ1n) is 6.91. The van der Waals surface area contributed by atoms with Gasteiger partial charge in [0.1, 0.15) is 0 Å². The van der Waals surface area contributed by atoms with Crippen LogP contribution in [0.4, 0.5) is 5.69 Å². The van der Waals surface area contributed by atoms with Crippen molar-refractivity contribution in [2.24, 2.45) is 0 Å². The molecule has 2 rings (SSSR count). The van der Waals surface area contributed by atoms with Crippen molar-refractivity contribution >= 4 is 23.3 Å². The fraction of sp³-hybridized carbons (Fsp3) is 0.533. The van der Waals surface area contributed by atoms with Crippen LogP contribution in [0.15, 0.2) is 24.3 Å². The van der Waals surface area contributed by atoms with E-state index < -0.39 is 0 Å². The minimum absolute atomic E-state index is 0.144. The van der Waals surface area contributed by atoms with Crippen LogP contribution in [-0.4, -0.2) is 50.2 Å². The van der Waals surface area contributed by atoms with E-state index in [4.69, 9.17) is 16.3 Å². The molecule has 5 heteroatoms. The molecule has 1 saturated heterocycles. The lowest BCUT2D eigenvalue weighted by Gasteiger charge is -2.38. The standard InChI is InChI=1S/C15H21ClN2O2/c1-12(10-15(19)20-2)17-6-8-18(9-7-17)14-5-3-4-13(16)11-14/h3-5,11-12H,6-10H2,1-2H3. The zero-order chi connectivity index (χ0) is 14.5. The largest absolute Gasteiger partial charge is 0.469 e. The number of halogens is 1. The van der Waals surface area contributed by atoms with E-state index in [2.05, 4.69) is 22.8 Å². The summed E-state index contributed by atoms with van der Waals surface area (Å²) in [6.45, 7) is 5.87. The summed E-state index contributed by atoms with van der Waals surface area (Å²) in [6, 6.07) is 8.17. The van der Waals surface area contributed by atoms with Crippen LogP contribution in [0.2, 0.25) is 5.02 Å². The number of hydrogen-bond donors (Lipinski definition) is 0. The molecule has 1 aromatic rings. The number of rotatable bonds is 4. The molecule has 0 N–H and O–H groups in total. The monoisotopic (exact) mass is 296 g/mol. The number of carbonyl (C=O) groups is 1. The van der Waals surface area contributed by atoms with Crippen LogP contribution in [0, 0.1) is 0 Å². The number of carbonyl (C=O) groups excluding carboxylic acids is 1. The van der Waals surface area contributed by atoms with Crippen molar-refractivity contribution in [3.05, 3.63) is 29.3 Å². The Morgan fingerprint density at radius 2 is 2.05 bits per heavy atom. The van der Waals surface area contributed by atoms with Crippen molar-refractivity contribution < 1.29 is 9.53 Å². The molecular weight excluding hydrogens is 276 g/mol. The Morgan fingerprint density at radius 1 is 1.35 bits per heavy atom. The quantitative estimate of drug-likeness (QED) is 0.799. The normalized spacial score (nSPS) is 17.9. The number of benzene rings is 1. The van der Waals surface area contributed by atoms with Crippen molar-refractivity contribution in [1.82, 2.24) is 4.90 Å². The topological polar surface area (TPSA) is 32.8 Å². The van der Waals surface area contributed by atoms with Crippen molar-refractivity contribution in [3.8, 4) is 0 Å². The van der Waals surface area contributed by atoms with Crippen LogP contribution < -0.4 is 4.90 Å². The number of esters is 1. The molecule has 0 saturated carbocycles. The third-order valence-corrected chi connectivity index (χ3v) is 4.04. The van der Waals surface area contributed by atoms with Gasteiger partial charge in [0, 0.05) is 42.9 Å². The van der Waals surface area contributed by atoms with Crippen LogP contribution >= 0.6 is 11.6 Å². The molecule has 1 aromatic carbocycles. The molecule has 0 aliphatic carbocycles. The summed E-state index contributed by atoms with van der Waals surface area (Å²) in [6.07, 6.45) is 0.452. The predicted molar refractivity (Wildman–Crippen MR) is 81.3 cm³/mol. The maximum Gasteiger partial charge on any atom is 0.307 e. The highest BCUT2D eigenvalue weighted by Crippen LogP contribution is 2.21. The Kier molecular flexibility index (Phi) is 5.26. The van der Waals surface area contributed by atoms with Gasteiger partial charge >= 0.3 is 5.97 Å². The van der Waals surface area contributed by atoms with E-state index in [9.17, 15) is 4.79 Å². The Bertz CT molecular complexity index is 459. The van der Waals surface area contributed by atoms with E-state index in [-0.39, 0.29) is 12.0 Å². The van der Waals surface area contributed by atoms with Crippen LogP contribution in [0.1, 0.15) is 13.3 Å². The highest BCUT2D eigenvalue weighted by Gasteiger charge is 2.23. The zero-order valence-corrected chi connectivity index (χ0v) is 12.8. The summed E-state index contributed by atoms with van der Waals surface area (Å²) in [7, 11) is 1.44. The van der Waals surface area contributed by atoms with Crippen LogP contribution in [-0.2, 0) is 9.53 Å². The number of piperazine rings is 1. The van der Waals surface area contributed by atoms with Gasteiger partial charge < -0.3 is 9.64 Å². The van der Waals surface area contributed by atoms with Crippen LogP contribution in [0.25, 0.3) is 0 Å². The molecule has 1 aliphatic rings. The summed E-state index contributed by atoms with van der Waals surface area (Å²) >= 11 is 6.03. The van der Waals surface area contributed by atoms with E-state index in [0.29, 0.717) is 6.42 Å². The minimum Gasteiger partial charge on any atom is -0.469 e. The lowest BCUT2D eigenvalue weighted by molar-refractivity contribution is -0.141. The van der Waals surface area contributed by atoms with Crippen molar-refractivity contribution in [2.75, 3.05) is 38.2 Å². The highest BCUT2D eigenvalue weighted by molar-refractivity contribution is 6.30. The second-order valence-corrected chi connectivity index (χ2v) is 5.57. The lowest BCUT2D eigenvalue weighted by atomic mass is 10.1. The predicted octanol–water partition coefficient (Wildman–Crippen LogP) is 2.41. The highest BCUT2D eigenvalue weighted by atomic mass is 35.5. The van der Waals surface area contributed by atoms with Gasteiger partial charge in [-0.15, -0.1) is 0 Å². The summed E-state index contributed by atoms with van der Waals surface area (Å²) in [5, 5.41) is 0.768. The fourth-order valence-electron chi connectivity index (χ4n) is 2.55. The van der Waals surface area contributed by atoms with Gasteiger partial charge in [-0.2, -0.15) is 0 Å². The molecule has 0 bridgehead atoms. The summed E-state index contributed by atoms with van der Waals surface area (Å²) in [5.74, 6) is -0.144. The Labute approximate surface area is 125 Å². The van der Waals surface area contributed by atoms with Crippen LogP contribution in [0.5, 0.6) is 0 Å². The van der Waals surface area contributed by atoms with Gasteiger partial charge in [-0.25, -0.2) is 0 Å². The second-order valence-electron chi connectivity index (χ2n) is 5.13. The van der Waals surface area contributed by atoms with E-state index in [1.807, 2.05) is 18.2 Å². The van der Waals surface area contributed by atoms with Crippen molar-refractivity contribution in [2.45, 2.75) is 19.4 Å². The smallest absolute Gasteiger partial charge is 0.307 e. The fourth-order valence-corrected chi connectivity index (χ4v) is 2.73. The van der Waals surface area contributed by atoms with E-state index in [0.717, 1.165) is 36.9 Å². The van der Waals surface area contributed by atoms with E-state index >= 15 is 0 Å². The zero-order valence-electron chi connectivity index (χ0n) is 12.0. The van der Waals surface area contributed by atoms with Gasteiger partial charge in [-0.1, -0.05) is 17.7 Å². The molecule has 1 aliphatic heterocycles. The number of anilines is 1. The average molecular weight is 297 g/mol. The first kappa shape index (κ1) is 15.1.